The highest BCUT2D eigenvalue weighted by atomic mass is 35.5. The number of nitrogens with zero attached hydrogens (tertiary/aromatic N) is 1. The SMILES string of the molecule is C=CCOc1ccc(/C=C2\C(=O)NC(=O)N(c3ccc(Cl)cc3)C2=O)cc1Cl. The molecule has 0 saturated carbocycles. The van der Waals surface area contributed by atoms with E-state index in [1.54, 1.807) is 36.4 Å². The third-order valence-corrected chi connectivity index (χ3v) is 4.36. The number of nitrogens with one attached hydrogen (secondary N) is 1. The van der Waals surface area contributed by atoms with Crippen LogP contribution in [-0.4, -0.2) is 24.5 Å². The summed E-state index contributed by atoms with van der Waals surface area (Å²) in [5, 5.41) is 2.92. The fourth-order valence-corrected chi connectivity index (χ4v) is 2.89. The van der Waals surface area contributed by atoms with Gasteiger partial charge < -0.3 is 4.74 Å². The van der Waals surface area contributed by atoms with Crippen LogP contribution in [0.4, 0.5) is 10.5 Å². The summed E-state index contributed by atoms with van der Waals surface area (Å²) in [7, 11) is 0. The predicted molar refractivity (Wildman–Crippen MR) is 108 cm³/mol. The van der Waals surface area contributed by atoms with Crippen LogP contribution in [0, 0.1) is 0 Å². The zero-order valence-corrected chi connectivity index (χ0v) is 16.0. The lowest BCUT2D eigenvalue weighted by Crippen LogP contribution is -2.54. The molecule has 0 radical (unpaired) electrons. The van der Waals surface area contributed by atoms with Crippen molar-refractivity contribution in [1.29, 1.82) is 0 Å². The van der Waals surface area contributed by atoms with E-state index in [1.165, 1.54) is 18.2 Å². The molecule has 28 heavy (non-hydrogen) atoms. The molecule has 1 saturated heterocycles. The summed E-state index contributed by atoms with van der Waals surface area (Å²) in [5.74, 6) is -1.09. The van der Waals surface area contributed by atoms with Gasteiger partial charge in [-0.2, -0.15) is 0 Å². The Balaban J connectivity index is 1.93. The minimum Gasteiger partial charge on any atom is -0.488 e. The molecule has 0 aliphatic carbocycles. The molecule has 0 atom stereocenters. The monoisotopic (exact) mass is 416 g/mol. The molecule has 1 N–H and O–H groups in total. The normalized spacial score (nSPS) is 15.6. The zero-order valence-electron chi connectivity index (χ0n) is 14.4. The van der Waals surface area contributed by atoms with Gasteiger partial charge in [0.25, 0.3) is 11.8 Å². The number of halogens is 2. The number of carbonyl (C=O) groups is 3. The quantitative estimate of drug-likeness (QED) is 0.449. The van der Waals surface area contributed by atoms with Crippen LogP contribution >= 0.6 is 23.2 Å². The van der Waals surface area contributed by atoms with Gasteiger partial charge in [-0.1, -0.05) is 41.9 Å². The Morgan fingerprint density at radius 2 is 1.79 bits per heavy atom. The highest BCUT2D eigenvalue weighted by Crippen LogP contribution is 2.28. The number of rotatable bonds is 5. The number of ether oxygens (including phenoxy) is 1. The molecular formula is C20H14Cl2N2O4. The van der Waals surface area contributed by atoms with Gasteiger partial charge in [-0.15, -0.1) is 0 Å². The average molecular weight is 417 g/mol. The standard InChI is InChI=1S/C20H14Cl2N2O4/c1-2-9-28-17-8-3-12(11-16(17)22)10-15-18(25)23-20(27)24(19(15)26)14-6-4-13(21)5-7-14/h2-8,10-11H,1,9H2,(H,23,25,27)/b15-10+. The van der Waals surface area contributed by atoms with E-state index in [9.17, 15) is 14.4 Å². The lowest BCUT2D eigenvalue weighted by molar-refractivity contribution is -0.122. The molecule has 4 amide bonds. The van der Waals surface area contributed by atoms with Crippen molar-refractivity contribution in [1.82, 2.24) is 5.32 Å². The number of carbonyl (C=O) groups excluding carboxylic acids is 3. The predicted octanol–water partition coefficient (Wildman–Crippen LogP) is 4.22. The Hall–Kier alpha value is -3.09. The van der Waals surface area contributed by atoms with Crippen molar-refractivity contribution >= 4 is 52.8 Å². The van der Waals surface area contributed by atoms with Crippen molar-refractivity contribution in [2.75, 3.05) is 11.5 Å². The molecule has 3 rings (SSSR count). The average Bonchev–Trinajstić information content (AvgIpc) is 2.66. The van der Waals surface area contributed by atoms with Crippen molar-refractivity contribution in [3.8, 4) is 5.75 Å². The van der Waals surface area contributed by atoms with E-state index < -0.39 is 17.8 Å². The Labute approximate surface area is 171 Å². The van der Waals surface area contributed by atoms with Gasteiger partial charge >= 0.3 is 6.03 Å². The molecule has 1 aliphatic heterocycles. The third kappa shape index (κ3) is 4.08. The van der Waals surface area contributed by atoms with E-state index in [-0.39, 0.29) is 11.3 Å². The van der Waals surface area contributed by atoms with E-state index >= 15 is 0 Å². The highest BCUT2D eigenvalue weighted by Gasteiger charge is 2.36. The van der Waals surface area contributed by atoms with Crippen LogP contribution in [0.3, 0.4) is 0 Å². The maximum Gasteiger partial charge on any atom is 0.335 e. The van der Waals surface area contributed by atoms with Crippen molar-refractivity contribution in [3.05, 3.63) is 76.3 Å². The minimum absolute atomic E-state index is 0.203. The largest absolute Gasteiger partial charge is 0.488 e. The maximum atomic E-state index is 12.8. The molecule has 2 aromatic rings. The number of anilines is 1. The fourth-order valence-electron chi connectivity index (χ4n) is 2.52. The number of hydrogen-bond acceptors (Lipinski definition) is 4. The van der Waals surface area contributed by atoms with Gasteiger partial charge in [0.1, 0.15) is 17.9 Å². The first kappa shape index (κ1) is 19.7. The number of hydrogen-bond donors (Lipinski definition) is 1. The summed E-state index contributed by atoms with van der Waals surface area (Å²) in [5.41, 5.74) is 0.585. The van der Waals surface area contributed by atoms with Gasteiger partial charge in [0, 0.05) is 5.02 Å². The van der Waals surface area contributed by atoms with Gasteiger partial charge in [-0.3, -0.25) is 14.9 Å². The number of urea groups is 1. The van der Waals surface area contributed by atoms with E-state index in [1.807, 2.05) is 0 Å². The number of benzene rings is 2. The van der Waals surface area contributed by atoms with Gasteiger partial charge in [-0.25, -0.2) is 9.69 Å². The van der Waals surface area contributed by atoms with E-state index in [0.29, 0.717) is 28.0 Å². The summed E-state index contributed by atoms with van der Waals surface area (Å²) in [6.45, 7) is 3.85. The van der Waals surface area contributed by atoms with Crippen LogP contribution in [0.25, 0.3) is 6.08 Å². The van der Waals surface area contributed by atoms with Crippen LogP contribution in [-0.2, 0) is 9.59 Å². The van der Waals surface area contributed by atoms with Crippen LogP contribution in [0.5, 0.6) is 5.75 Å². The Kier molecular flexibility index (Phi) is 5.82. The van der Waals surface area contributed by atoms with Crippen molar-refractivity contribution in [2.45, 2.75) is 0 Å². The van der Waals surface area contributed by atoms with E-state index in [2.05, 4.69) is 11.9 Å². The van der Waals surface area contributed by atoms with Crippen LogP contribution in [0.15, 0.2) is 60.7 Å². The zero-order chi connectivity index (χ0) is 20.3. The molecule has 142 valence electrons. The molecule has 2 aromatic carbocycles. The summed E-state index contributed by atoms with van der Waals surface area (Å²) in [6.07, 6.45) is 2.94. The first-order valence-corrected chi connectivity index (χ1v) is 8.86. The first-order valence-electron chi connectivity index (χ1n) is 8.11. The second-order valence-corrected chi connectivity index (χ2v) is 6.57. The molecule has 0 unspecified atom stereocenters. The number of amides is 4. The molecular weight excluding hydrogens is 403 g/mol. The maximum absolute atomic E-state index is 12.8. The number of imide groups is 2. The summed E-state index contributed by atoms with van der Waals surface area (Å²) in [4.78, 5) is 38.0. The fraction of sp³-hybridized carbons (Fsp3) is 0.0500. The molecule has 0 aromatic heterocycles. The van der Waals surface area contributed by atoms with Gasteiger partial charge in [0.05, 0.1) is 10.7 Å². The smallest absolute Gasteiger partial charge is 0.335 e. The number of barbiturate groups is 1. The van der Waals surface area contributed by atoms with Gasteiger partial charge in [-0.05, 0) is 48.0 Å². The molecule has 6 nitrogen and oxygen atoms in total. The molecule has 1 fully saturated rings. The molecule has 1 aliphatic rings. The molecule has 8 heteroatoms. The first-order chi connectivity index (χ1) is 13.4. The molecule has 0 spiro atoms. The topological polar surface area (TPSA) is 75.7 Å². The van der Waals surface area contributed by atoms with Crippen LogP contribution in [0.1, 0.15) is 5.56 Å². The van der Waals surface area contributed by atoms with Crippen molar-refractivity contribution in [2.24, 2.45) is 0 Å². The second-order valence-electron chi connectivity index (χ2n) is 5.72. The summed E-state index contributed by atoms with van der Waals surface area (Å²) >= 11 is 12.0. The highest BCUT2D eigenvalue weighted by molar-refractivity contribution is 6.39. The lowest BCUT2D eigenvalue weighted by atomic mass is 10.1. The van der Waals surface area contributed by atoms with E-state index in [0.717, 1.165) is 4.90 Å². The van der Waals surface area contributed by atoms with Gasteiger partial charge in [0.15, 0.2) is 0 Å². The molecule has 0 bridgehead atoms. The summed E-state index contributed by atoms with van der Waals surface area (Å²) in [6, 6.07) is 10.1. The molecule has 1 heterocycles. The Bertz CT molecular complexity index is 1000. The second kappa shape index (κ2) is 8.29. The Morgan fingerprint density at radius 3 is 2.43 bits per heavy atom. The van der Waals surface area contributed by atoms with Crippen LogP contribution in [0.2, 0.25) is 10.0 Å². The lowest BCUT2D eigenvalue weighted by Gasteiger charge is -2.26. The van der Waals surface area contributed by atoms with Crippen LogP contribution < -0.4 is 15.0 Å². The third-order valence-electron chi connectivity index (χ3n) is 3.81. The summed E-state index contributed by atoms with van der Waals surface area (Å²) < 4.78 is 5.39. The Morgan fingerprint density at radius 1 is 1.07 bits per heavy atom. The minimum atomic E-state index is -0.833. The van der Waals surface area contributed by atoms with Crippen molar-refractivity contribution in [3.63, 3.8) is 0 Å². The van der Waals surface area contributed by atoms with Crippen molar-refractivity contribution < 1.29 is 19.1 Å². The van der Waals surface area contributed by atoms with E-state index in [4.69, 9.17) is 27.9 Å². The van der Waals surface area contributed by atoms with Gasteiger partial charge in [0.2, 0.25) is 0 Å².